The minimum Gasteiger partial charge on any atom is -0.383 e. The summed E-state index contributed by atoms with van der Waals surface area (Å²) >= 11 is 0. The van der Waals surface area contributed by atoms with E-state index in [0.717, 1.165) is 0 Å². The zero-order valence-corrected chi connectivity index (χ0v) is 6.78. The van der Waals surface area contributed by atoms with Gasteiger partial charge in [-0.05, 0) is 18.4 Å². The van der Waals surface area contributed by atoms with E-state index in [1.807, 2.05) is 43.4 Å². The summed E-state index contributed by atoms with van der Waals surface area (Å²) in [5.74, 6) is 0. The molecule has 0 saturated heterocycles. The molecule has 0 aromatic carbocycles. The molecule has 0 rings (SSSR count). The predicted molar refractivity (Wildman–Crippen MR) is 46.4 cm³/mol. The van der Waals surface area contributed by atoms with E-state index in [2.05, 4.69) is 4.99 Å². The second-order valence-corrected chi connectivity index (χ2v) is 2.10. The highest BCUT2D eigenvalue weighted by Crippen LogP contribution is 1.78. The van der Waals surface area contributed by atoms with E-state index in [-0.39, 0.29) is 0 Å². The lowest BCUT2D eigenvalue weighted by Crippen LogP contribution is -1.99. The lowest BCUT2D eigenvalue weighted by molar-refractivity contribution is 0.564. The summed E-state index contributed by atoms with van der Waals surface area (Å²) in [4.78, 5) is 5.77. The standard InChI is InChI=1S/C8H14N2/c1-9-7-5-4-6-8-10(2)3/h4-8H,1-3H3/b5-4+,8-6+,9-7+. The number of hydrogen-bond donors (Lipinski definition) is 0. The lowest BCUT2D eigenvalue weighted by atomic mass is 10.5. The van der Waals surface area contributed by atoms with E-state index in [1.165, 1.54) is 0 Å². The van der Waals surface area contributed by atoms with Gasteiger partial charge in [0.25, 0.3) is 0 Å². The third-order valence-corrected chi connectivity index (χ3v) is 0.842. The second-order valence-electron chi connectivity index (χ2n) is 2.10. The van der Waals surface area contributed by atoms with E-state index in [0.29, 0.717) is 0 Å². The van der Waals surface area contributed by atoms with E-state index < -0.39 is 0 Å². The van der Waals surface area contributed by atoms with Crippen LogP contribution in [0.5, 0.6) is 0 Å². The molecular weight excluding hydrogens is 124 g/mol. The summed E-state index contributed by atoms with van der Waals surface area (Å²) in [7, 11) is 5.72. The van der Waals surface area contributed by atoms with Crippen molar-refractivity contribution in [2.45, 2.75) is 0 Å². The van der Waals surface area contributed by atoms with Crippen molar-refractivity contribution < 1.29 is 0 Å². The Balaban J connectivity index is 3.51. The predicted octanol–water partition coefficient (Wildman–Crippen LogP) is 1.32. The molecule has 0 atom stereocenters. The quantitative estimate of drug-likeness (QED) is 0.424. The third kappa shape index (κ3) is 6.95. The van der Waals surface area contributed by atoms with Crippen LogP contribution in [0.25, 0.3) is 0 Å². The first-order valence-corrected chi connectivity index (χ1v) is 3.19. The molecule has 0 fully saturated rings. The molecule has 0 heterocycles. The van der Waals surface area contributed by atoms with Crippen LogP contribution in [-0.2, 0) is 0 Å². The molecule has 2 heteroatoms. The Hall–Kier alpha value is -1.05. The molecule has 0 N–H and O–H groups in total. The van der Waals surface area contributed by atoms with Gasteiger partial charge in [0.2, 0.25) is 0 Å². The molecule has 0 saturated carbocycles. The Labute approximate surface area is 62.6 Å². The fourth-order valence-electron chi connectivity index (χ4n) is 0.422. The molecule has 0 amide bonds. The Morgan fingerprint density at radius 3 is 2.30 bits per heavy atom. The number of hydrogen-bond acceptors (Lipinski definition) is 2. The van der Waals surface area contributed by atoms with Crippen molar-refractivity contribution >= 4 is 6.21 Å². The summed E-state index contributed by atoms with van der Waals surface area (Å²) in [5, 5.41) is 0. The summed E-state index contributed by atoms with van der Waals surface area (Å²) in [6.07, 6.45) is 9.51. The fraction of sp³-hybridized carbons (Fsp3) is 0.375. The van der Waals surface area contributed by atoms with Crippen LogP contribution in [0.3, 0.4) is 0 Å². The third-order valence-electron chi connectivity index (χ3n) is 0.842. The summed E-state index contributed by atoms with van der Waals surface area (Å²) < 4.78 is 0. The van der Waals surface area contributed by atoms with Gasteiger partial charge in [-0.25, -0.2) is 0 Å². The molecule has 0 aliphatic heterocycles. The van der Waals surface area contributed by atoms with Crippen molar-refractivity contribution in [2.24, 2.45) is 4.99 Å². The van der Waals surface area contributed by atoms with Crippen LogP contribution in [0.1, 0.15) is 0 Å². The van der Waals surface area contributed by atoms with Crippen molar-refractivity contribution in [1.29, 1.82) is 0 Å². The summed E-state index contributed by atoms with van der Waals surface area (Å²) in [6, 6.07) is 0. The lowest BCUT2D eigenvalue weighted by Gasteiger charge is -2.00. The zero-order chi connectivity index (χ0) is 7.82. The van der Waals surface area contributed by atoms with Gasteiger partial charge in [-0.2, -0.15) is 0 Å². The molecule has 56 valence electrons. The van der Waals surface area contributed by atoms with E-state index in [1.54, 1.807) is 13.3 Å². The Morgan fingerprint density at radius 1 is 1.10 bits per heavy atom. The van der Waals surface area contributed by atoms with Crippen molar-refractivity contribution in [1.82, 2.24) is 4.90 Å². The van der Waals surface area contributed by atoms with Crippen molar-refractivity contribution in [3.63, 3.8) is 0 Å². The van der Waals surface area contributed by atoms with Crippen LogP contribution >= 0.6 is 0 Å². The molecule has 0 radical (unpaired) electrons. The van der Waals surface area contributed by atoms with Crippen molar-refractivity contribution in [3.05, 3.63) is 24.4 Å². The first-order chi connectivity index (χ1) is 4.77. The Morgan fingerprint density at radius 2 is 1.80 bits per heavy atom. The zero-order valence-electron chi connectivity index (χ0n) is 6.78. The van der Waals surface area contributed by atoms with Gasteiger partial charge in [0.05, 0.1) is 0 Å². The van der Waals surface area contributed by atoms with Crippen LogP contribution in [0, 0.1) is 0 Å². The molecule has 0 aliphatic rings. The first kappa shape index (κ1) is 8.95. The van der Waals surface area contributed by atoms with Crippen LogP contribution in [-0.4, -0.2) is 32.3 Å². The van der Waals surface area contributed by atoms with Crippen molar-refractivity contribution in [2.75, 3.05) is 21.1 Å². The minimum absolute atomic E-state index is 1.75. The van der Waals surface area contributed by atoms with Gasteiger partial charge in [0, 0.05) is 27.4 Å². The molecule has 0 aromatic rings. The SMILES string of the molecule is C/N=C/C=C/C=C/N(C)C. The molecule has 0 bridgehead atoms. The minimum atomic E-state index is 1.75. The van der Waals surface area contributed by atoms with Crippen LogP contribution in [0.4, 0.5) is 0 Å². The van der Waals surface area contributed by atoms with Crippen molar-refractivity contribution in [3.8, 4) is 0 Å². The topological polar surface area (TPSA) is 15.6 Å². The fourth-order valence-corrected chi connectivity index (χ4v) is 0.422. The van der Waals surface area contributed by atoms with E-state index in [4.69, 9.17) is 0 Å². The number of nitrogens with zero attached hydrogens (tertiary/aromatic N) is 2. The number of allylic oxidation sites excluding steroid dienone is 3. The average molecular weight is 138 g/mol. The van der Waals surface area contributed by atoms with Gasteiger partial charge in [0.1, 0.15) is 0 Å². The molecule has 2 nitrogen and oxygen atoms in total. The maximum Gasteiger partial charge on any atom is 0.0277 e. The normalized spacial score (nSPS) is 12.3. The Bertz CT molecular complexity index is 143. The maximum atomic E-state index is 3.79. The Kier molecular flexibility index (Phi) is 5.44. The molecule has 0 unspecified atom stereocenters. The summed E-state index contributed by atoms with van der Waals surface area (Å²) in [6.45, 7) is 0. The number of aliphatic imine (C=N–C) groups is 1. The highest BCUT2D eigenvalue weighted by molar-refractivity contribution is 5.71. The van der Waals surface area contributed by atoms with Gasteiger partial charge < -0.3 is 4.90 Å². The smallest absolute Gasteiger partial charge is 0.0277 e. The monoisotopic (exact) mass is 138 g/mol. The molecular formula is C8H14N2. The van der Waals surface area contributed by atoms with Crippen LogP contribution < -0.4 is 0 Å². The van der Waals surface area contributed by atoms with Gasteiger partial charge in [-0.3, -0.25) is 4.99 Å². The van der Waals surface area contributed by atoms with Gasteiger partial charge in [-0.15, -0.1) is 0 Å². The van der Waals surface area contributed by atoms with Crippen LogP contribution in [0.2, 0.25) is 0 Å². The maximum absolute atomic E-state index is 3.79. The largest absolute Gasteiger partial charge is 0.383 e. The van der Waals surface area contributed by atoms with Gasteiger partial charge >= 0.3 is 0 Å². The van der Waals surface area contributed by atoms with E-state index in [9.17, 15) is 0 Å². The molecule has 0 spiro atoms. The van der Waals surface area contributed by atoms with Gasteiger partial charge in [0.15, 0.2) is 0 Å². The van der Waals surface area contributed by atoms with Crippen LogP contribution in [0.15, 0.2) is 29.4 Å². The highest BCUT2D eigenvalue weighted by atomic mass is 15.0. The summed E-state index contributed by atoms with van der Waals surface area (Å²) in [5.41, 5.74) is 0. The average Bonchev–Trinajstić information content (AvgIpc) is 1.87. The number of rotatable bonds is 3. The molecule has 10 heavy (non-hydrogen) atoms. The first-order valence-electron chi connectivity index (χ1n) is 3.19. The highest BCUT2D eigenvalue weighted by Gasteiger charge is 1.69. The van der Waals surface area contributed by atoms with E-state index >= 15 is 0 Å². The molecule has 0 aliphatic carbocycles. The second kappa shape index (κ2) is 6.08. The van der Waals surface area contributed by atoms with Gasteiger partial charge in [-0.1, -0.05) is 6.08 Å². The molecule has 0 aromatic heterocycles.